The summed E-state index contributed by atoms with van der Waals surface area (Å²) in [5.41, 5.74) is -0.156. The average Bonchev–Trinajstić information content (AvgIpc) is 2.65. The summed E-state index contributed by atoms with van der Waals surface area (Å²) in [5.74, 6) is 0.370. The molecule has 0 saturated heterocycles. The lowest BCUT2D eigenvalue weighted by Crippen LogP contribution is -2.14. The number of anilines is 1. The lowest BCUT2D eigenvalue weighted by Gasteiger charge is -2.15. The van der Waals surface area contributed by atoms with E-state index >= 15 is 0 Å². The van der Waals surface area contributed by atoms with Gasteiger partial charge in [0.25, 0.3) is 0 Å². The first-order valence-corrected chi connectivity index (χ1v) is 7.38. The first-order chi connectivity index (χ1) is 8.98. The van der Waals surface area contributed by atoms with Crippen molar-refractivity contribution in [3.8, 4) is 0 Å². The van der Waals surface area contributed by atoms with Crippen molar-refractivity contribution in [2.24, 2.45) is 16.7 Å². The first kappa shape index (κ1) is 15.7. The summed E-state index contributed by atoms with van der Waals surface area (Å²) in [6.07, 6.45) is -4.34. The van der Waals surface area contributed by atoms with Crippen LogP contribution in [0.3, 0.4) is 0 Å². The van der Waals surface area contributed by atoms with Crippen molar-refractivity contribution in [3.05, 3.63) is 28.2 Å². The van der Waals surface area contributed by atoms with Gasteiger partial charge in [-0.05, 0) is 34.9 Å². The lowest BCUT2D eigenvalue weighted by atomic mass is 10.0. The molecule has 1 aromatic carbocycles. The fourth-order valence-electron chi connectivity index (χ4n) is 2.97. The van der Waals surface area contributed by atoms with Crippen molar-refractivity contribution in [1.29, 1.82) is 0 Å². The Kier molecular flexibility index (Phi) is 3.64. The van der Waals surface area contributed by atoms with Gasteiger partial charge in [-0.3, -0.25) is 0 Å². The summed E-state index contributed by atoms with van der Waals surface area (Å²) < 4.78 is 39.5. The first-order valence-electron chi connectivity index (χ1n) is 6.58. The number of halogens is 4. The molecule has 1 aliphatic rings. The molecule has 1 N–H and O–H groups in total. The molecule has 0 aliphatic heterocycles. The van der Waals surface area contributed by atoms with Gasteiger partial charge >= 0.3 is 6.18 Å². The molecule has 1 fully saturated rings. The molecule has 0 spiro atoms. The van der Waals surface area contributed by atoms with Gasteiger partial charge < -0.3 is 5.32 Å². The van der Waals surface area contributed by atoms with Crippen LogP contribution < -0.4 is 5.32 Å². The number of benzene rings is 1. The normalized spacial score (nSPS) is 20.8. The van der Waals surface area contributed by atoms with E-state index in [1.54, 1.807) is 0 Å². The highest BCUT2D eigenvalue weighted by molar-refractivity contribution is 9.10. The van der Waals surface area contributed by atoms with Crippen molar-refractivity contribution < 1.29 is 13.2 Å². The zero-order valence-corrected chi connectivity index (χ0v) is 13.6. The topological polar surface area (TPSA) is 12.0 Å². The van der Waals surface area contributed by atoms with Crippen LogP contribution in [-0.2, 0) is 6.18 Å². The minimum atomic E-state index is -4.34. The molecule has 5 heteroatoms. The Morgan fingerprint density at radius 1 is 1.15 bits per heavy atom. The summed E-state index contributed by atoms with van der Waals surface area (Å²) >= 11 is 3.22. The molecule has 0 aromatic heterocycles. The van der Waals surface area contributed by atoms with Crippen LogP contribution in [0.25, 0.3) is 0 Å². The van der Waals surface area contributed by atoms with E-state index in [0.29, 0.717) is 16.9 Å². The number of hydrogen-bond acceptors (Lipinski definition) is 1. The van der Waals surface area contributed by atoms with Crippen molar-refractivity contribution >= 4 is 21.6 Å². The molecule has 1 nitrogen and oxygen atoms in total. The minimum Gasteiger partial charge on any atom is -0.384 e. The van der Waals surface area contributed by atoms with Crippen LogP contribution in [0.2, 0.25) is 0 Å². The highest BCUT2D eigenvalue weighted by atomic mass is 79.9. The smallest absolute Gasteiger partial charge is 0.384 e. The van der Waals surface area contributed by atoms with E-state index in [2.05, 4.69) is 48.9 Å². The van der Waals surface area contributed by atoms with E-state index in [0.717, 1.165) is 6.07 Å². The fourth-order valence-corrected chi connectivity index (χ4v) is 3.33. The lowest BCUT2D eigenvalue weighted by molar-refractivity contribution is -0.137. The van der Waals surface area contributed by atoms with Crippen molar-refractivity contribution in [3.63, 3.8) is 0 Å². The molecular weight excluding hydrogens is 331 g/mol. The molecule has 1 saturated carbocycles. The Morgan fingerprint density at radius 3 is 2.15 bits per heavy atom. The van der Waals surface area contributed by atoms with E-state index in [4.69, 9.17) is 0 Å². The summed E-state index contributed by atoms with van der Waals surface area (Å²) in [7, 11) is 0. The van der Waals surface area contributed by atoms with Gasteiger partial charge in [-0.2, -0.15) is 13.2 Å². The molecule has 1 aromatic rings. The Hall–Kier alpha value is -0.710. The van der Waals surface area contributed by atoms with Crippen molar-refractivity contribution in [1.82, 2.24) is 0 Å². The predicted octanol–water partition coefficient (Wildman–Crippen LogP) is 5.56. The van der Waals surface area contributed by atoms with E-state index in [1.807, 2.05) is 0 Å². The van der Waals surface area contributed by atoms with Gasteiger partial charge in [0.05, 0.1) is 5.56 Å². The molecule has 20 heavy (non-hydrogen) atoms. The molecule has 0 amide bonds. The summed E-state index contributed by atoms with van der Waals surface area (Å²) in [4.78, 5) is 0. The summed E-state index contributed by atoms with van der Waals surface area (Å²) in [6, 6.07) is 4.01. The molecule has 112 valence electrons. The third-order valence-corrected chi connectivity index (χ3v) is 5.60. The number of nitrogens with one attached hydrogen (secondary N) is 1. The number of rotatable bonds is 3. The SMILES string of the molecule is CC1(C)C(CNc2cc(Br)ccc2C(F)(F)F)C1(C)C. The van der Waals surface area contributed by atoms with Gasteiger partial charge in [0.2, 0.25) is 0 Å². The van der Waals surface area contributed by atoms with Gasteiger partial charge in [-0.15, -0.1) is 0 Å². The van der Waals surface area contributed by atoms with Crippen LogP contribution in [0.15, 0.2) is 22.7 Å². The third kappa shape index (κ3) is 2.57. The van der Waals surface area contributed by atoms with E-state index < -0.39 is 11.7 Å². The molecule has 0 atom stereocenters. The Bertz CT molecular complexity index is 506. The van der Waals surface area contributed by atoms with Gasteiger partial charge in [-0.1, -0.05) is 43.6 Å². The van der Waals surface area contributed by atoms with E-state index in [1.165, 1.54) is 12.1 Å². The zero-order valence-electron chi connectivity index (χ0n) is 12.0. The highest BCUT2D eigenvalue weighted by Crippen LogP contribution is 2.68. The van der Waals surface area contributed by atoms with E-state index in [-0.39, 0.29) is 16.5 Å². The van der Waals surface area contributed by atoms with Crippen molar-refractivity contribution in [2.75, 3.05) is 11.9 Å². The quantitative estimate of drug-likeness (QED) is 0.752. The van der Waals surface area contributed by atoms with Crippen LogP contribution in [0.4, 0.5) is 18.9 Å². The number of alkyl halides is 3. The van der Waals surface area contributed by atoms with Crippen LogP contribution in [0.5, 0.6) is 0 Å². The molecule has 0 radical (unpaired) electrons. The minimum absolute atomic E-state index is 0.144. The maximum absolute atomic E-state index is 13.0. The largest absolute Gasteiger partial charge is 0.418 e. The van der Waals surface area contributed by atoms with Gasteiger partial charge in [0, 0.05) is 16.7 Å². The van der Waals surface area contributed by atoms with Crippen LogP contribution in [0.1, 0.15) is 33.3 Å². The van der Waals surface area contributed by atoms with Gasteiger partial charge in [0.1, 0.15) is 0 Å². The van der Waals surface area contributed by atoms with Crippen LogP contribution >= 0.6 is 15.9 Å². The van der Waals surface area contributed by atoms with Gasteiger partial charge in [0.15, 0.2) is 0 Å². The van der Waals surface area contributed by atoms with Crippen LogP contribution in [0, 0.1) is 16.7 Å². The monoisotopic (exact) mass is 349 g/mol. The molecule has 0 heterocycles. The standard InChI is InChI=1S/C15H19BrF3N/c1-13(2)12(14(13,3)4)8-20-11-7-9(16)5-6-10(11)15(17,18)19/h5-7,12,20H,8H2,1-4H3. The Balaban J connectivity index is 2.17. The molecular formula is C15H19BrF3N. The zero-order chi connectivity index (χ0) is 15.3. The molecule has 2 rings (SSSR count). The molecule has 0 unspecified atom stereocenters. The maximum atomic E-state index is 13.0. The van der Waals surface area contributed by atoms with E-state index in [9.17, 15) is 13.2 Å². The van der Waals surface area contributed by atoms with Crippen LogP contribution in [-0.4, -0.2) is 6.54 Å². The Labute approximate surface area is 126 Å². The second-order valence-electron chi connectivity index (χ2n) is 6.56. The van der Waals surface area contributed by atoms with Crippen molar-refractivity contribution in [2.45, 2.75) is 33.9 Å². The average molecular weight is 350 g/mol. The molecule has 0 bridgehead atoms. The second-order valence-corrected chi connectivity index (χ2v) is 7.48. The van der Waals surface area contributed by atoms with Gasteiger partial charge in [-0.25, -0.2) is 0 Å². The number of hydrogen-bond donors (Lipinski definition) is 1. The highest BCUT2D eigenvalue weighted by Gasteiger charge is 2.64. The molecule has 1 aliphatic carbocycles. The third-order valence-electron chi connectivity index (χ3n) is 5.10. The maximum Gasteiger partial charge on any atom is 0.418 e. The Morgan fingerprint density at radius 2 is 1.70 bits per heavy atom. The fraction of sp³-hybridized carbons (Fsp3) is 0.600. The summed E-state index contributed by atoms with van der Waals surface area (Å²) in [6.45, 7) is 9.19. The second kappa shape index (κ2) is 4.65. The summed E-state index contributed by atoms with van der Waals surface area (Å²) in [5, 5.41) is 2.98. The predicted molar refractivity (Wildman–Crippen MR) is 78.7 cm³/mol.